The van der Waals surface area contributed by atoms with E-state index in [1.165, 1.54) is 12.7 Å². The van der Waals surface area contributed by atoms with Gasteiger partial charge in [0.05, 0.1) is 18.4 Å². The maximum absolute atomic E-state index is 11.6. The fourth-order valence-electron chi connectivity index (χ4n) is 1.62. The average Bonchev–Trinajstić information content (AvgIpc) is 2.39. The first-order chi connectivity index (χ1) is 8.22. The number of methoxy groups -OCH3 is 1. The van der Waals surface area contributed by atoms with Gasteiger partial charge in [-0.15, -0.1) is 0 Å². The molecule has 1 aromatic heterocycles. The van der Waals surface area contributed by atoms with Gasteiger partial charge in [0.1, 0.15) is 0 Å². The Morgan fingerprint density at radius 2 is 1.88 bits per heavy atom. The highest BCUT2D eigenvalue weighted by molar-refractivity contribution is 5.95. The van der Waals surface area contributed by atoms with Crippen molar-refractivity contribution >= 4 is 5.97 Å². The van der Waals surface area contributed by atoms with Gasteiger partial charge in [-0.25, -0.2) is 4.79 Å². The Balaban J connectivity index is 2.51. The van der Waals surface area contributed by atoms with Gasteiger partial charge >= 0.3 is 5.97 Å². The summed E-state index contributed by atoms with van der Waals surface area (Å²) in [7, 11) is 1.37. The third kappa shape index (κ3) is 2.33. The van der Waals surface area contributed by atoms with Crippen LogP contribution in [0.15, 0.2) is 42.6 Å². The lowest BCUT2D eigenvalue weighted by Crippen LogP contribution is -2.04. The normalized spacial score (nSPS) is 10.0. The standard InChI is InChI=1S/C14H13NO2/c1-10-5-7-11(8-6-10)13-12(14(16)17-2)4-3-9-15-13/h3-9H,1-2H3. The van der Waals surface area contributed by atoms with Crippen molar-refractivity contribution in [2.75, 3.05) is 7.11 Å². The van der Waals surface area contributed by atoms with Crippen LogP contribution in [0.25, 0.3) is 11.3 Å². The van der Waals surface area contributed by atoms with Gasteiger partial charge < -0.3 is 4.74 Å². The highest BCUT2D eigenvalue weighted by Gasteiger charge is 2.13. The second kappa shape index (κ2) is 4.78. The van der Waals surface area contributed by atoms with Gasteiger partial charge in [0.2, 0.25) is 0 Å². The smallest absolute Gasteiger partial charge is 0.340 e. The molecule has 3 nitrogen and oxygen atoms in total. The Bertz CT molecular complexity index is 532. The molecule has 0 bridgehead atoms. The zero-order valence-corrected chi connectivity index (χ0v) is 9.81. The molecule has 17 heavy (non-hydrogen) atoms. The van der Waals surface area contributed by atoms with Crippen molar-refractivity contribution in [2.45, 2.75) is 6.92 Å². The number of benzene rings is 1. The van der Waals surface area contributed by atoms with E-state index in [0.717, 1.165) is 5.56 Å². The van der Waals surface area contributed by atoms with Crippen LogP contribution in [-0.4, -0.2) is 18.1 Å². The van der Waals surface area contributed by atoms with Crippen molar-refractivity contribution in [1.82, 2.24) is 4.98 Å². The molecule has 1 heterocycles. The van der Waals surface area contributed by atoms with E-state index in [0.29, 0.717) is 11.3 Å². The minimum atomic E-state index is -0.367. The number of nitrogens with zero attached hydrogens (tertiary/aromatic N) is 1. The zero-order chi connectivity index (χ0) is 12.3. The van der Waals surface area contributed by atoms with Gasteiger partial charge in [0.15, 0.2) is 0 Å². The summed E-state index contributed by atoms with van der Waals surface area (Å²) in [6, 6.07) is 11.3. The summed E-state index contributed by atoms with van der Waals surface area (Å²) < 4.78 is 4.74. The van der Waals surface area contributed by atoms with E-state index < -0.39 is 0 Å². The number of hydrogen-bond donors (Lipinski definition) is 0. The van der Waals surface area contributed by atoms with Crippen LogP contribution in [0.3, 0.4) is 0 Å². The first kappa shape index (κ1) is 11.3. The van der Waals surface area contributed by atoms with E-state index >= 15 is 0 Å². The summed E-state index contributed by atoms with van der Waals surface area (Å²) >= 11 is 0. The summed E-state index contributed by atoms with van der Waals surface area (Å²) in [5.74, 6) is -0.367. The summed E-state index contributed by atoms with van der Waals surface area (Å²) in [4.78, 5) is 15.9. The Morgan fingerprint density at radius 3 is 2.53 bits per heavy atom. The molecular formula is C14H13NO2. The van der Waals surface area contributed by atoms with Crippen molar-refractivity contribution in [3.8, 4) is 11.3 Å². The van der Waals surface area contributed by atoms with Crippen LogP contribution in [0, 0.1) is 6.92 Å². The molecule has 0 amide bonds. The van der Waals surface area contributed by atoms with Crippen LogP contribution in [0.5, 0.6) is 0 Å². The molecule has 0 saturated carbocycles. The van der Waals surface area contributed by atoms with E-state index in [1.807, 2.05) is 31.2 Å². The molecule has 0 atom stereocenters. The third-order valence-electron chi connectivity index (χ3n) is 2.54. The van der Waals surface area contributed by atoms with E-state index in [2.05, 4.69) is 4.98 Å². The van der Waals surface area contributed by atoms with E-state index in [4.69, 9.17) is 4.74 Å². The van der Waals surface area contributed by atoms with Gasteiger partial charge in [-0.1, -0.05) is 29.8 Å². The van der Waals surface area contributed by atoms with Gasteiger partial charge in [-0.2, -0.15) is 0 Å². The van der Waals surface area contributed by atoms with Gasteiger partial charge in [0, 0.05) is 11.8 Å². The Labute approximate surface area is 100 Å². The van der Waals surface area contributed by atoms with Gasteiger partial charge in [-0.3, -0.25) is 4.98 Å². The van der Waals surface area contributed by atoms with Crippen LogP contribution in [0.4, 0.5) is 0 Å². The molecule has 0 saturated heterocycles. The second-order valence-electron chi connectivity index (χ2n) is 3.76. The second-order valence-corrected chi connectivity index (χ2v) is 3.76. The summed E-state index contributed by atoms with van der Waals surface area (Å²) in [5, 5.41) is 0. The Kier molecular flexibility index (Phi) is 3.19. The van der Waals surface area contributed by atoms with Crippen LogP contribution in [0.2, 0.25) is 0 Å². The molecule has 2 aromatic rings. The van der Waals surface area contributed by atoms with Gasteiger partial charge in [-0.05, 0) is 19.1 Å². The fraction of sp³-hybridized carbons (Fsp3) is 0.143. The quantitative estimate of drug-likeness (QED) is 0.740. The lowest BCUT2D eigenvalue weighted by molar-refractivity contribution is 0.0601. The summed E-state index contributed by atoms with van der Waals surface area (Å²) in [6.45, 7) is 2.02. The molecular weight excluding hydrogens is 214 g/mol. The summed E-state index contributed by atoms with van der Waals surface area (Å²) in [6.07, 6.45) is 1.67. The zero-order valence-electron chi connectivity index (χ0n) is 9.81. The lowest BCUT2D eigenvalue weighted by Gasteiger charge is -2.06. The molecule has 0 aliphatic rings. The Morgan fingerprint density at radius 1 is 1.18 bits per heavy atom. The molecule has 0 N–H and O–H groups in total. The van der Waals surface area contributed by atoms with Crippen LogP contribution < -0.4 is 0 Å². The van der Waals surface area contributed by atoms with Crippen LogP contribution in [0.1, 0.15) is 15.9 Å². The summed E-state index contributed by atoms with van der Waals surface area (Å²) in [5.41, 5.74) is 3.22. The van der Waals surface area contributed by atoms with Crippen molar-refractivity contribution < 1.29 is 9.53 Å². The van der Waals surface area contributed by atoms with Gasteiger partial charge in [0.25, 0.3) is 0 Å². The topological polar surface area (TPSA) is 39.2 Å². The monoisotopic (exact) mass is 227 g/mol. The third-order valence-corrected chi connectivity index (χ3v) is 2.54. The SMILES string of the molecule is COC(=O)c1cccnc1-c1ccc(C)cc1. The number of rotatable bonds is 2. The number of carbonyl (C=O) groups is 1. The number of pyridine rings is 1. The molecule has 0 aliphatic carbocycles. The van der Waals surface area contributed by atoms with E-state index in [-0.39, 0.29) is 5.97 Å². The molecule has 0 unspecified atom stereocenters. The number of esters is 1. The minimum absolute atomic E-state index is 0.367. The fourth-order valence-corrected chi connectivity index (χ4v) is 1.62. The predicted octanol–water partition coefficient (Wildman–Crippen LogP) is 2.84. The number of ether oxygens (including phenoxy) is 1. The number of carbonyl (C=O) groups excluding carboxylic acids is 1. The highest BCUT2D eigenvalue weighted by Crippen LogP contribution is 2.21. The maximum Gasteiger partial charge on any atom is 0.340 e. The number of aromatic nitrogens is 1. The van der Waals surface area contributed by atoms with Crippen LogP contribution >= 0.6 is 0 Å². The van der Waals surface area contributed by atoms with Crippen molar-refractivity contribution in [2.24, 2.45) is 0 Å². The molecule has 0 fully saturated rings. The number of aryl methyl sites for hydroxylation is 1. The predicted molar refractivity (Wildman–Crippen MR) is 65.7 cm³/mol. The molecule has 1 aromatic carbocycles. The van der Waals surface area contributed by atoms with Crippen LogP contribution in [-0.2, 0) is 4.74 Å². The van der Waals surface area contributed by atoms with E-state index in [9.17, 15) is 4.79 Å². The van der Waals surface area contributed by atoms with E-state index in [1.54, 1.807) is 18.3 Å². The van der Waals surface area contributed by atoms with Crippen molar-refractivity contribution in [3.05, 3.63) is 53.7 Å². The average molecular weight is 227 g/mol. The first-order valence-corrected chi connectivity index (χ1v) is 5.33. The molecule has 0 aliphatic heterocycles. The van der Waals surface area contributed by atoms with Crippen molar-refractivity contribution in [1.29, 1.82) is 0 Å². The largest absolute Gasteiger partial charge is 0.465 e. The molecule has 2 rings (SSSR count). The lowest BCUT2D eigenvalue weighted by atomic mass is 10.0. The maximum atomic E-state index is 11.6. The molecule has 3 heteroatoms. The highest BCUT2D eigenvalue weighted by atomic mass is 16.5. The minimum Gasteiger partial charge on any atom is -0.465 e. The number of hydrogen-bond acceptors (Lipinski definition) is 3. The van der Waals surface area contributed by atoms with Crippen molar-refractivity contribution in [3.63, 3.8) is 0 Å². The Hall–Kier alpha value is -2.16. The molecule has 0 spiro atoms. The molecule has 86 valence electrons. The molecule has 0 radical (unpaired) electrons. The first-order valence-electron chi connectivity index (χ1n) is 5.33.